The van der Waals surface area contributed by atoms with E-state index in [2.05, 4.69) is 15.1 Å². The van der Waals surface area contributed by atoms with Crippen molar-refractivity contribution in [3.8, 4) is 11.3 Å². The van der Waals surface area contributed by atoms with Crippen LogP contribution in [0.5, 0.6) is 0 Å². The molecule has 0 aliphatic rings. The highest BCUT2D eigenvalue weighted by Gasteiger charge is 2.29. The smallest absolute Gasteiger partial charge is 0.269 e. The van der Waals surface area contributed by atoms with Gasteiger partial charge in [0.15, 0.2) is 11.3 Å². The largest absolute Gasteiger partial charge is 0.361 e. The van der Waals surface area contributed by atoms with Gasteiger partial charge in [0.1, 0.15) is 5.82 Å². The zero-order valence-electron chi connectivity index (χ0n) is 14.4. The van der Waals surface area contributed by atoms with E-state index in [9.17, 15) is 13.6 Å². The van der Waals surface area contributed by atoms with Gasteiger partial charge in [-0.3, -0.25) is 9.36 Å². The predicted molar refractivity (Wildman–Crippen MR) is 93.5 cm³/mol. The van der Waals surface area contributed by atoms with E-state index in [1.54, 1.807) is 30.5 Å². The summed E-state index contributed by atoms with van der Waals surface area (Å²) in [4.78, 5) is 21.6. The lowest BCUT2D eigenvalue weighted by Crippen LogP contribution is -2.31. The normalized spacial score (nSPS) is 11.4. The number of fused-ring (bicyclic) bond motifs is 1. The maximum atomic E-state index is 13.6. The van der Waals surface area contributed by atoms with Gasteiger partial charge >= 0.3 is 12.1 Å². The second-order valence-corrected chi connectivity index (χ2v) is 5.95. The number of imidazole rings is 1. The monoisotopic (exact) mass is 368 g/mol. The lowest BCUT2D eigenvalue weighted by molar-refractivity contribution is -0.593. The molecule has 1 aromatic carbocycles. The van der Waals surface area contributed by atoms with Gasteiger partial charge in [0, 0.05) is 30.4 Å². The van der Waals surface area contributed by atoms with E-state index in [-0.39, 0.29) is 22.8 Å². The third-order valence-electron chi connectivity index (χ3n) is 4.34. The number of aromatic amines is 1. The molecule has 3 aromatic heterocycles. The Morgan fingerprint density at radius 3 is 2.78 bits per heavy atom. The van der Waals surface area contributed by atoms with Crippen LogP contribution in [-0.4, -0.2) is 25.5 Å². The number of carbonyl (C=O) groups is 1. The number of benzene rings is 1. The Morgan fingerprint density at radius 1 is 1.30 bits per heavy atom. The molecule has 3 heterocycles. The number of nitrogens with one attached hydrogen (secondary N) is 1. The fourth-order valence-electron chi connectivity index (χ4n) is 3.02. The highest BCUT2D eigenvalue weighted by molar-refractivity contribution is 6.00. The third-order valence-corrected chi connectivity index (χ3v) is 4.34. The Balaban J connectivity index is 1.93. The van der Waals surface area contributed by atoms with Crippen molar-refractivity contribution >= 4 is 11.6 Å². The van der Waals surface area contributed by atoms with Crippen molar-refractivity contribution in [2.75, 3.05) is 0 Å². The van der Waals surface area contributed by atoms with Gasteiger partial charge in [-0.15, -0.1) is 4.52 Å². The Bertz CT molecular complexity index is 1120. The van der Waals surface area contributed by atoms with E-state index in [0.717, 1.165) is 4.52 Å². The van der Waals surface area contributed by atoms with Gasteiger partial charge in [-0.1, -0.05) is 37.3 Å². The van der Waals surface area contributed by atoms with Crippen LogP contribution >= 0.6 is 0 Å². The number of carbonyl (C=O) groups excluding carboxylic acids is 1. The van der Waals surface area contributed by atoms with E-state index in [1.807, 2.05) is 13.0 Å². The zero-order valence-corrected chi connectivity index (χ0v) is 14.4. The van der Waals surface area contributed by atoms with E-state index < -0.39 is 6.43 Å². The average molecular weight is 368 g/mol. The lowest BCUT2D eigenvalue weighted by Gasteiger charge is -2.03. The number of H-pyrrole nitrogens is 1. The maximum Gasteiger partial charge on any atom is 0.361 e. The molecule has 0 fully saturated rings. The standard InChI is InChI=1S/C19H15F2N5O/c1-2-16-22-8-9-25(16)19(27)13-11-23-26-15(17(20)21)10-14(24-18(13)26)12-6-4-3-5-7-12/h3-11,17H,2H2,1H3/p+1. The summed E-state index contributed by atoms with van der Waals surface area (Å²) in [5, 5.41) is 2.72. The molecular formula is C19H16F2N5O+. The van der Waals surface area contributed by atoms with Crippen LogP contribution in [0.15, 0.2) is 55.0 Å². The molecule has 0 unspecified atom stereocenters. The number of aromatic nitrogens is 5. The van der Waals surface area contributed by atoms with Crippen LogP contribution in [0.2, 0.25) is 0 Å². The zero-order chi connectivity index (χ0) is 19.0. The number of hydrogen-bond acceptors (Lipinski definition) is 3. The first-order valence-electron chi connectivity index (χ1n) is 8.44. The van der Waals surface area contributed by atoms with Crippen LogP contribution in [0, 0.1) is 0 Å². The van der Waals surface area contributed by atoms with E-state index in [4.69, 9.17) is 0 Å². The van der Waals surface area contributed by atoms with Crippen LogP contribution in [0.4, 0.5) is 8.78 Å². The van der Waals surface area contributed by atoms with Gasteiger partial charge in [-0.25, -0.2) is 18.9 Å². The van der Waals surface area contributed by atoms with Crippen molar-refractivity contribution < 1.29 is 18.1 Å². The third kappa shape index (κ3) is 2.88. The second kappa shape index (κ2) is 6.71. The highest BCUT2D eigenvalue weighted by Crippen LogP contribution is 2.23. The second-order valence-electron chi connectivity index (χ2n) is 5.95. The van der Waals surface area contributed by atoms with Crippen LogP contribution in [-0.2, 0) is 6.42 Å². The molecule has 0 saturated carbocycles. The molecule has 0 radical (unpaired) electrons. The summed E-state index contributed by atoms with van der Waals surface area (Å²) in [6.07, 6.45) is 2.32. The van der Waals surface area contributed by atoms with Crippen molar-refractivity contribution in [3.05, 3.63) is 72.1 Å². The van der Waals surface area contributed by atoms with Crippen molar-refractivity contribution in [3.63, 3.8) is 0 Å². The average Bonchev–Trinajstić information content (AvgIpc) is 3.34. The number of alkyl halides is 2. The fourth-order valence-corrected chi connectivity index (χ4v) is 3.02. The molecule has 6 nitrogen and oxygen atoms in total. The predicted octanol–water partition coefficient (Wildman–Crippen LogP) is 3.20. The molecule has 136 valence electrons. The molecule has 0 amide bonds. The SMILES string of the molecule is CCc1nccn1C(=O)c1c[nH][n+]2c(C(F)F)cc(-c3ccccc3)nc12. The van der Waals surface area contributed by atoms with Crippen LogP contribution in [0.3, 0.4) is 0 Å². The number of rotatable bonds is 4. The first-order valence-corrected chi connectivity index (χ1v) is 8.44. The molecule has 27 heavy (non-hydrogen) atoms. The summed E-state index contributed by atoms with van der Waals surface area (Å²) < 4.78 is 29.8. The Labute approximate surface area is 153 Å². The van der Waals surface area contributed by atoms with Gasteiger partial charge < -0.3 is 0 Å². The molecule has 0 spiro atoms. The van der Waals surface area contributed by atoms with E-state index >= 15 is 0 Å². The first-order chi connectivity index (χ1) is 13.1. The van der Waals surface area contributed by atoms with Gasteiger partial charge in [-0.05, 0) is 4.98 Å². The minimum Gasteiger partial charge on any atom is -0.269 e. The molecule has 4 aromatic rings. The van der Waals surface area contributed by atoms with Crippen LogP contribution in [0.25, 0.3) is 16.9 Å². The number of nitrogens with zero attached hydrogens (tertiary/aromatic N) is 4. The van der Waals surface area contributed by atoms with E-state index in [0.29, 0.717) is 23.5 Å². The van der Waals surface area contributed by atoms with Crippen molar-refractivity contribution in [1.29, 1.82) is 0 Å². The molecule has 0 atom stereocenters. The molecular weight excluding hydrogens is 352 g/mol. The molecule has 0 aliphatic carbocycles. The molecule has 8 heteroatoms. The summed E-state index contributed by atoms with van der Waals surface area (Å²) in [7, 11) is 0. The minimum atomic E-state index is -2.73. The Hall–Kier alpha value is -3.42. The summed E-state index contributed by atoms with van der Waals surface area (Å²) in [6, 6.07) is 10.3. The number of hydrogen-bond donors (Lipinski definition) is 1. The van der Waals surface area contributed by atoms with Crippen LogP contribution in [0.1, 0.15) is 35.2 Å². The first kappa shape index (κ1) is 17.0. The number of halogens is 2. The van der Waals surface area contributed by atoms with Crippen molar-refractivity contribution in [2.24, 2.45) is 0 Å². The molecule has 0 aliphatic heterocycles. The lowest BCUT2D eigenvalue weighted by atomic mass is 10.1. The summed E-state index contributed by atoms with van der Waals surface area (Å²) >= 11 is 0. The van der Waals surface area contributed by atoms with Gasteiger partial charge in [0.2, 0.25) is 5.69 Å². The van der Waals surface area contributed by atoms with Gasteiger partial charge in [-0.2, -0.15) is 0 Å². The van der Waals surface area contributed by atoms with Crippen LogP contribution < -0.4 is 4.52 Å². The van der Waals surface area contributed by atoms with Gasteiger partial charge in [0.05, 0.1) is 6.20 Å². The Morgan fingerprint density at radius 2 is 2.07 bits per heavy atom. The summed E-state index contributed by atoms with van der Waals surface area (Å²) in [5.41, 5.74) is 1.15. The molecule has 4 rings (SSSR count). The highest BCUT2D eigenvalue weighted by atomic mass is 19.3. The minimum absolute atomic E-state index is 0.146. The summed E-state index contributed by atoms with van der Waals surface area (Å²) in [5.74, 6) is 0.216. The topological polar surface area (TPSA) is 67.7 Å². The Kier molecular flexibility index (Phi) is 4.23. The number of aryl methyl sites for hydroxylation is 1. The van der Waals surface area contributed by atoms with E-state index in [1.165, 1.54) is 23.0 Å². The van der Waals surface area contributed by atoms with Crippen molar-refractivity contribution in [1.82, 2.24) is 19.6 Å². The van der Waals surface area contributed by atoms with Crippen molar-refractivity contribution in [2.45, 2.75) is 19.8 Å². The molecule has 0 bridgehead atoms. The maximum absolute atomic E-state index is 13.6. The molecule has 1 N–H and O–H groups in total. The molecule has 0 saturated heterocycles. The fraction of sp³-hybridized carbons (Fsp3) is 0.158. The quantitative estimate of drug-likeness (QED) is 0.563. The summed E-state index contributed by atoms with van der Waals surface area (Å²) in [6.45, 7) is 1.89. The van der Waals surface area contributed by atoms with Gasteiger partial charge in [0.25, 0.3) is 5.91 Å².